The Balaban J connectivity index is 1.37. The van der Waals surface area contributed by atoms with E-state index in [1.54, 1.807) is 16.8 Å². The molecule has 2 amide bonds. The number of nitrogens with zero attached hydrogens (tertiary/aromatic N) is 2. The zero-order chi connectivity index (χ0) is 24.5. The van der Waals surface area contributed by atoms with Crippen molar-refractivity contribution in [1.29, 1.82) is 0 Å². The Morgan fingerprint density at radius 1 is 1.06 bits per heavy atom. The standard InChI is InChI=1S/C26H27F3N2O3/c1-3-22-21(20-6-4-5-7-23(20)34-22)16-30(2)24(32)18-12-14-31(15-13-18)25(33)17-8-10-19(11-9-17)26(27,28)29/h4-11,18H,3,12-16H2,1-2H3. The summed E-state index contributed by atoms with van der Waals surface area (Å²) in [7, 11) is 1.78. The van der Waals surface area contributed by atoms with Crippen molar-refractivity contribution < 1.29 is 27.2 Å². The third-order valence-electron chi connectivity index (χ3n) is 6.47. The molecule has 8 heteroatoms. The molecule has 0 N–H and O–H groups in total. The van der Waals surface area contributed by atoms with Gasteiger partial charge in [-0.15, -0.1) is 0 Å². The second kappa shape index (κ2) is 9.52. The van der Waals surface area contributed by atoms with Gasteiger partial charge in [0.1, 0.15) is 11.3 Å². The number of rotatable bonds is 5. The molecule has 4 rings (SSSR count). The number of hydrogen-bond donors (Lipinski definition) is 0. The second-order valence-corrected chi connectivity index (χ2v) is 8.69. The molecule has 2 heterocycles. The number of benzene rings is 2. The molecule has 0 bridgehead atoms. The number of para-hydroxylation sites is 1. The molecule has 0 unspecified atom stereocenters. The average Bonchev–Trinajstić information content (AvgIpc) is 3.20. The van der Waals surface area contributed by atoms with Crippen molar-refractivity contribution in [2.75, 3.05) is 20.1 Å². The zero-order valence-corrected chi connectivity index (χ0v) is 19.2. The zero-order valence-electron chi connectivity index (χ0n) is 19.2. The number of halogens is 3. The molecule has 5 nitrogen and oxygen atoms in total. The van der Waals surface area contributed by atoms with E-state index in [1.165, 1.54) is 12.1 Å². The number of alkyl halides is 3. The van der Waals surface area contributed by atoms with Crippen molar-refractivity contribution in [3.05, 3.63) is 71.0 Å². The molecular formula is C26H27F3N2O3. The van der Waals surface area contributed by atoms with Crippen LogP contribution in [-0.2, 0) is 23.9 Å². The maximum Gasteiger partial charge on any atom is 0.416 e. The van der Waals surface area contributed by atoms with Crippen LogP contribution in [-0.4, -0.2) is 41.8 Å². The topological polar surface area (TPSA) is 53.8 Å². The fourth-order valence-corrected chi connectivity index (χ4v) is 4.55. The summed E-state index contributed by atoms with van der Waals surface area (Å²) >= 11 is 0. The molecule has 3 aromatic rings. The van der Waals surface area contributed by atoms with Gasteiger partial charge in [-0.25, -0.2) is 0 Å². The van der Waals surface area contributed by atoms with Gasteiger partial charge in [0.15, 0.2) is 0 Å². The van der Waals surface area contributed by atoms with Gasteiger partial charge in [0.25, 0.3) is 5.91 Å². The lowest BCUT2D eigenvalue weighted by Gasteiger charge is -2.33. The molecule has 2 aromatic carbocycles. The Kier molecular flexibility index (Phi) is 6.68. The van der Waals surface area contributed by atoms with Crippen molar-refractivity contribution in [2.45, 2.75) is 38.9 Å². The van der Waals surface area contributed by atoms with Gasteiger partial charge in [-0.2, -0.15) is 13.2 Å². The molecular weight excluding hydrogens is 445 g/mol. The normalized spacial score (nSPS) is 15.0. The van der Waals surface area contributed by atoms with Crippen molar-refractivity contribution >= 4 is 22.8 Å². The lowest BCUT2D eigenvalue weighted by molar-refractivity contribution is -0.137. The van der Waals surface area contributed by atoms with Gasteiger partial charge in [-0.1, -0.05) is 25.1 Å². The van der Waals surface area contributed by atoms with Crippen LogP contribution in [0.25, 0.3) is 11.0 Å². The monoisotopic (exact) mass is 472 g/mol. The summed E-state index contributed by atoms with van der Waals surface area (Å²) in [5, 5.41) is 1.01. The Morgan fingerprint density at radius 2 is 1.71 bits per heavy atom. The molecule has 1 aliphatic rings. The van der Waals surface area contributed by atoms with E-state index in [0.717, 1.165) is 40.8 Å². The first-order valence-electron chi connectivity index (χ1n) is 11.4. The van der Waals surface area contributed by atoms with Crippen LogP contribution in [0.1, 0.15) is 47.0 Å². The molecule has 0 saturated carbocycles. The first-order chi connectivity index (χ1) is 16.2. The van der Waals surface area contributed by atoms with Gasteiger partial charge in [-0.05, 0) is 43.2 Å². The summed E-state index contributed by atoms with van der Waals surface area (Å²) in [5.41, 5.74) is 1.26. The number of fused-ring (bicyclic) bond motifs is 1. The van der Waals surface area contributed by atoms with Gasteiger partial charge in [0.05, 0.1) is 5.56 Å². The summed E-state index contributed by atoms with van der Waals surface area (Å²) in [6.07, 6.45) is -2.67. The highest BCUT2D eigenvalue weighted by Crippen LogP contribution is 2.30. The minimum Gasteiger partial charge on any atom is -0.461 e. The highest BCUT2D eigenvalue weighted by atomic mass is 19.4. The lowest BCUT2D eigenvalue weighted by Crippen LogP contribution is -2.43. The first-order valence-corrected chi connectivity index (χ1v) is 11.4. The predicted octanol–water partition coefficient (Wildman–Crippen LogP) is 5.52. The van der Waals surface area contributed by atoms with Crippen LogP contribution in [0.15, 0.2) is 52.9 Å². The fraction of sp³-hybridized carbons (Fsp3) is 0.385. The van der Waals surface area contributed by atoms with Crippen LogP contribution in [0.3, 0.4) is 0 Å². The number of carbonyl (C=O) groups is 2. The lowest BCUT2D eigenvalue weighted by atomic mass is 9.94. The van der Waals surface area contributed by atoms with Crippen LogP contribution in [0.5, 0.6) is 0 Å². The van der Waals surface area contributed by atoms with Gasteiger partial charge in [0.2, 0.25) is 5.91 Å². The fourth-order valence-electron chi connectivity index (χ4n) is 4.55. The number of amides is 2. The third-order valence-corrected chi connectivity index (χ3v) is 6.47. The van der Waals surface area contributed by atoms with Crippen molar-refractivity contribution in [2.24, 2.45) is 5.92 Å². The predicted molar refractivity (Wildman–Crippen MR) is 122 cm³/mol. The smallest absolute Gasteiger partial charge is 0.416 e. The van der Waals surface area contributed by atoms with E-state index in [9.17, 15) is 22.8 Å². The highest BCUT2D eigenvalue weighted by Gasteiger charge is 2.32. The molecule has 1 aliphatic heterocycles. The summed E-state index contributed by atoms with van der Waals surface area (Å²) < 4.78 is 44.2. The van der Waals surface area contributed by atoms with Crippen LogP contribution < -0.4 is 0 Å². The van der Waals surface area contributed by atoms with Crippen LogP contribution in [0, 0.1) is 5.92 Å². The van der Waals surface area contributed by atoms with E-state index < -0.39 is 11.7 Å². The number of piperidine rings is 1. The molecule has 180 valence electrons. The number of likely N-dealkylation sites (tertiary alicyclic amines) is 1. The van der Waals surface area contributed by atoms with E-state index >= 15 is 0 Å². The van der Waals surface area contributed by atoms with Crippen LogP contribution in [0.4, 0.5) is 13.2 Å². The molecule has 0 atom stereocenters. The number of aryl methyl sites for hydroxylation is 1. The molecule has 1 aromatic heterocycles. The summed E-state index contributed by atoms with van der Waals surface area (Å²) in [5.74, 6) is 0.377. The molecule has 0 aliphatic carbocycles. The summed E-state index contributed by atoms with van der Waals surface area (Å²) in [4.78, 5) is 29.2. The second-order valence-electron chi connectivity index (χ2n) is 8.69. The van der Waals surface area contributed by atoms with Crippen molar-refractivity contribution in [1.82, 2.24) is 9.80 Å². The largest absolute Gasteiger partial charge is 0.461 e. The Bertz CT molecular complexity index is 1180. The first kappa shape index (κ1) is 23.9. The third kappa shape index (κ3) is 4.81. The Labute approximate surface area is 196 Å². The minimum absolute atomic E-state index is 0.0222. The SMILES string of the molecule is CCc1oc2ccccc2c1CN(C)C(=O)C1CCN(C(=O)c2ccc(C(F)(F)F)cc2)CC1. The van der Waals surface area contributed by atoms with Crippen molar-refractivity contribution in [3.8, 4) is 0 Å². The van der Waals surface area contributed by atoms with Gasteiger partial charge < -0.3 is 14.2 Å². The van der Waals surface area contributed by atoms with E-state index in [-0.39, 0.29) is 23.3 Å². The molecule has 1 saturated heterocycles. The summed E-state index contributed by atoms with van der Waals surface area (Å²) in [6.45, 7) is 3.24. The van der Waals surface area contributed by atoms with E-state index in [4.69, 9.17) is 4.42 Å². The van der Waals surface area contributed by atoms with Crippen LogP contribution >= 0.6 is 0 Å². The number of carbonyl (C=O) groups excluding carboxylic acids is 2. The average molecular weight is 473 g/mol. The molecule has 0 spiro atoms. The van der Waals surface area contributed by atoms with Gasteiger partial charge in [0, 0.05) is 55.5 Å². The Hall–Kier alpha value is -3.29. The molecule has 34 heavy (non-hydrogen) atoms. The maximum atomic E-state index is 13.1. The summed E-state index contributed by atoms with van der Waals surface area (Å²) in [6, 6.07) is 12.0. The van der Waals surface area contributed by atoms with E-state index in [0.29, 0.717) is 32.5 Å². The minimum atomic E-state index is -4.44. The molecule has 1 fully saturated rings. The van der Waals surface area contributed by atoms with Gasteiger partial charge in [-0.3, -0.25) is 9.59 Å². The van der Waals surface area contributed by atoms with E-state index in [2.05, 4.69) is 0 Å². The Morgan fingerprint density at radius 3 is 2.32 bits per heavy atom. The quantitative estimate of drug-likeness (QED) is 0.491. The number of hydrogen-bond acceptors (Lipinski definition) is 3. The number of furan rings is 1. The van der Waals surface area contributed by atoms with Crippen LogP contribution in [0.2, 0.25) is 0 Å². The van der Waals surface area contributed by atoms with Crippen molar-refractivity contribution in [3.63, 3.8) is 0 Å². The molecule has 0 radical (unpaired) electrons. The van der Waals surface area contributed by atoms with E-state index in [1.807, 2.05) is 31.2 Å². The highest BCUT2D eigenvalue weighted by molar-refractivity contribution is 5.94. The van der Waals surface area contributed by atoms with Gasteiger partial charge >= 0.3 is 6.18 Å². The maximum absolute atomic E-state index is 13.1.